The highest BCUT2D eigenvalue weighted by atomic mass is 32.2. The molecule has 1 fully saturated rings. The molecule has 1 aromatic carbocycles. The molecule has 1 aliphatic rings. The quantitative estimate of drug-likeness (QED) is 0.608. The van der Waals surface area contributed by atoms with Gasteiger partial charge in [0.2, 0.25) is 10.0 Å². The van der Waals surface area contributed by atoms with Crippen LogP contribution in [0.25, 0.3) is 0 Å². The second kappa shape index (κ2) is 9.77. The molecule has 2 aromatic rings. The minimum atomic E-state index is -3.65. The zero-order chi connectivity index (χ0) is 20.9. The molecule has 0 aliphatic carbocycles. The largest absolute Gasteiger partial charge is 0.394 e. The number of benzene rings is 1. The van der Waals surface area contributed by atoms with Gasteiger partial charge in [0.05, 0.1) is 35.4 Å². The fourth-order valence-corrected chi connectivity index (χ4v) is 4.79. The lowest BCUT2D eigenvalue weighted by molar-refractivity contribution is -0.0891. The molecule has 3 atom stereocenters. The summed E-state index contributed by atoms with van der Waals surface area (Å²) in [5, 5.41) is 18.0. The Morgan fingerprint density at radius 1 is 1.28 bits per heavy atom. The summed E-state index contributed by atoms with van der Waals surface area (Å²) in [6, 6.07) is 7.76. The van der Waals surface area contributed by atoms with E-state index in [1.165, 1.54) is 0 Å². The number of nitrogens with zero attached hydrogens (tertiary/aromatic N) is 4. The number of aliphatic hydroxyl groups excluding tert-OH is 1. The maximum atomic E-state index is 12.6. The average Bonchev–Trinajstić information content (AvgIpc) is 3.14. The van der Waals surface area contributed by atoms with E-state index in [9.17, 15) is 13.5 Å². The first-order valence-corrected chi connectivity index (χ1v) is 11.2. The van der Waals surface area contributed by atoms with E-state index in [-0.39, 0.29) is 17.6 Å². The number of aliphatic hydroxyl groups is 1. The van der Waals surface area contributed by atoms with Crippen LogP contribution in [-0.2, 0) is 27.8 Å². The van der Waals surface area contributed by atoms with Gasteiger partial charge < -0.3 is 14.7 Å². The van der Waals surface area contributed by atoms with Crippen LogP contribution in [0.1, 0.15) is 25.0 Å². The average molecular weight is 424 g/mol. The molecule has 1 aromatic heterocycles. The predicted octanol–water partition coefficient (Wildman–Crippen LogP) is 0.617. The van der Waals surface area contributed by atoms with Crippen LogP contribution in [-0.4, -0.2) is 72.4 Å². The molecule has 9 nitrogen and oxygen atoms in total. The van der Waals surface area contributed by atoms with Crippen molar-refractivity contribution in [2.24, 2.45) is 0 Å². The zero-order valence-electron chi connectivity index (χ0n) is 16.8. The van der Waals surface area contributed by atoms with Crippen LogP contribution in [0.3, 0.4) is 0 Å². The van der Waals surface area contributed by atoms with Gasteiger partial charge in [0.25, 0.3) is 0 Å². The third kappa shape index (κ3) is 6.06. The molecule has 0 bridgehead atoms. The summed E-state index contributed by atoms with van der Waals surface area (Å²) in [5.74, 6) is 0. The van der Waals surface area contributed by atoms with Crippen molar-refractivity contribution >= 4 is 10.0 Å². The first-order valence-electron chi connectivity index (χ1n) is 9.75. The van der Waals surface area contributed by atoms with Crippen molar-refractivity contribution in [1.29, 1.82) is 0 Å². The molecule has 1 saturated heterocycles. The Kier molecular flexibility index (Phi) is 7.36. The Morgan fingerprint density at radius 3 is 2.72 bits per heavy atom. The molecule has 0 amide bonds. The maximum Gasteiger partial charge on any atom is 0.240 e. The van der Waals surface area contributed by atoms with Crippen molar-refractivity contribution in [1.82, 2.24) is 24.6 Å². The summed E-state index contributed by atoms with van der Waals surface area (Å²) in [7, 11) is 0.307. The smallest absolute Gasteiger partial charge is 0.240 e. The SMILES string of the molecule is CN(C)Cc1cn(CC[C@@H]2CC[C@H](NS(=O)(=O)c3ccccc3)[C@H](CO)O2)nn1. The molecule has 1 aliphatic heterocycles. The first-order chi connectivity index (χ1) is 13.9. The second-order valence-corrected chi connectivity index (χ2v) is 9.31. The van der Waals surface area contributed by atoms with E-state index in [2.05, 4.69) is 15.0 Å². The van der Waals surface area contributed by atoms with E-state index in [4.69, 9.17) is 4.74 Å². The van der Waals surface area contributed by atoms with Crippen LogP contribution in [0, 0.1) is 0 Å². The second-order valence-electron chi connectivity index (χ2n) is 7.60. The highest BCUT2D eigenvalue weighted by molar-refractivity contribution is 7.89. The highest BCUT2D eigenvalue weighted by Gasteiger charge is 2.33. The van der Waals surface area contributed by atoms with Gasteiger partial charge >= 0.3 is 0 Å². The molecular weight excluding hydrogens is 394 g/mol. The van der Waals surface area contributed by atoms with Crippen molar-refractivity contribution in [2.45, 2.75) is 55.5 Å². The molecule has 29 heavy (non-hydrogen) atoms. The van der Waals surface area contributed by atoms with Gasteiger partial charge in [0.15, 0.2) is 0 Å². The summed E-state index contributed by atoms with van der Waals surface area (Å²) in [5.41, 5.74) is 0.906. The number of ether oxygens (including phenoxy) is 1. The highest BCUT2D eigenvalue weighted by Crippen LogP contribution is 2.24. The van der Waals surface area contributed by atoms with Gasteiger partial charge in [0, 0.05) is 19.3 Å². The van der Waals surface area contributed by atoms with E-state index < -0.39 is 22.2 Å². The zero-order valence-corrected chi connectivity index (χ0v) is 17.6. The maximum absolute atomic E-state index is 12.6. The fourth-order valence-electron chi connectivity index (χ4n) is 3.47. The Hall–Kier alpha value is -1.85. The summed E-state index contributed by atoms with van der Waals surface area (Å²) in [6.45, 7) is 1.15. The molecule has 0 radical (unpaired) electrons. The molecule has 0 unspecified atom stereocenters. The van der Waals surface area contributed by atoms with Crippen molar-refractivity contribution in [3.05, 3.63) is 42.2 Å². The van der Waals surface area contributed by atoms with Crippen molar-refractivity contribution in [2.75, 3.05) is 20.7 Å². The van der Waals surface area contributed by atoms with Gasteiger partial charge in [-0.2, -0.15) is 0 Å². The standard InChI is InChI=1S/C19H29N5O4S/c1-23(2)12-15-13-24(22-20-15)11-10-16-8-9-18(19(14-25)28-16)21-29(26,27)17-6-4-3-5-7-17/h3-7,13,16,18-19,21,25H,8-12,14H2,1-2H3/t16-,18-,19-/m0/s1. The molecule has 0 spiro atoms. The molecule has 3 rings (SSSR count). The van der Waals surface area contributed by atoms with Gasteiger partial charge in [0.1, 0.15) is 0 Å². The van der Waals surface area contributed by atoms with Crippen LogP contribution in [0.5, 0.6) is 0 Å². The number of sulfonamides is 1. The van der Waals surface area contributed by atoms with Crippen molar-refractivity contribution in [3.8, 4) is 0 Å². The predicted molar refractivity (Wildman–Crippen MR) is 108 cm³/mol. The topological polar surface area (TPSA) is 110 Å². The Bertz CT molecular complexity index is 872. The van der Waals surface area contributed by atoms with E-state index in [0.29, 0.717) is 19.4 Å². The van der Waals surface area contributed by atoms with Crippen LogP contribution in [0.15, 0.2) is 41.4 Å². The summed E-state index contributed by atoms with van der Waals surface area (Å²) >= 11 is 0. The lowest BCUT2D eigenvalue weighted by Crippen LogP contribution is -2.50. The normalized spacial score (nSPS) is 22.8. The minimum absolute atomic E-state index is 0.0638. The van der Waals surface area contributed by atoms with Gasteiger partial charge in [-0.1, -0.05) is 23.4 Å². The molecule has 2 heterocycles. The summed E-state index contributed by atoms with van der Waals surface area (Å²) in [4.78, 5) is 2.24. The lowest BCUT2D eigenvalue weighted by Gasteiger charge is -2.36. The number of hydrogen-bond donors (Lipinski definition) is 2. The van der Waals surface area contributed by atoms with Crippen LogP contribution >= 0.6 is 0 Å². The fraction of sp³-hybridized carbons (Fsp3) is 0.579. The summed E-state index contributed by atoms with van der Waals surface area (Å²) in [6.07, 6.45) is 3.31. The van der Waals surface area contributed by atoms with Gasteiger partial charge in [-0.15, -0.1) is 5.10 Å². The van der Waals surface area contributed by atoms with Gasteiger partial charge in [-0.3, -0.25) is 4.68 Å². The Balaban J connectivity index is 1.53. The van der Waals surface area contributed by atoms with Crippen LogP contribution < -0.4 is 4.72 Å². The number of rotatable bonds is 9. The van der Waals surface area contributed by atoms with E-state index >= 15 is 0 Å². The van der Waals surface area contributed by atoms with Crippen molar-refractivity contribution in [3.63, 3.8) is 0 Å². The monoisotopic (exact) mass is 423 g/mol. The van der Waals surface area contributed by atoms with Crippen molar-refractivity contribution < 1.29 is 18.3 Å². The molecule has 10 heteroatoms. The number of nitrogens with one attached hydrogen (secondary N) is 1. The van der Waals surface area contributed by atoms with E-state index in [0.717, 1.165) is 18.7 Å². The van der Waals surface area contributed by atoms with Gasteiger partial charge in [-0.05, 0) is 45.5 Å². The van der Waals surface area contributed by atoms with Crippen LogP contribution in [0.4, 0.5) is 0 Å². The third-order valence-corrected chi connectivity index (χ3v) is 6.41. The number of hydrogen-bond acceptors (Lipinski definition) is 7. The molecule has 0 saturated carbocycles. The Labute approximate surface area is 171 Å². The molecular formula is C19H29N5O4S. The third-order valence-electron chi connectivity index (χ3n) is 4.90. The Morgan fingerprint density at radius 2 is 2.03 bits per heavy atom. The molecule has 160 valence electrons. The van der Waals surface area contributed by atoms with E-state index in [1.54, 1.807) is 35.0 Å². The lowest BCUT2D eigenvalue weighted by atomic mass is 9.98. The van der Waals surface area contributed by atoms with Gasteiger partial charge in [-0.25, -0.2) is 13.1 Å². The number of aryl methyl sites for hydroxylation is 1. The summed E-state index contributed by atoms with van der Waals surface area (Å²) < 4.78 is 35.6. The van der Waals surface area contributed by atoms with Crippen LogP contribution in [0.2, 0.25) is 0 Å². The number of aromatic nitrogens is 3. The van der Waals surface area contributed by atoms with E-state index in [1.807, 2.05) is 25.2 Å². The first kappa shape index (κ1) is 21.8. The minimum Gasteiger partial charge on any atom is -0.394 e. The molecule has 2 N–H and O–H groups in total.